The third-order valence-corrected chi connectivity index (χ3v) is 6.34. The first-order valence-electron chi connectivity index (χ1n) is 9.87. The maximum absolute atomic E-state index is 12.8. The van der Waals surface area contributed by atoms with Crippen molar-refractivity contribution < 1.29 is 13.2 Å². The third-order valence-electron chi connectivity index (χ3n) is 4.97. The number of carbonyl (C=O) groups excluding carboxylic acids is 1. The lowest BCUT2D eigenvalue weighted by Gasteiger charge is -2.24. The summed E-state index contributed by atoms with van der Waals surface area (Å²) in [5.41, 5.74) is 2.44. The highest BCUT2D eigenvalue weighted by Gasteiger charge is 2.19. The summed E-state index contributed by atoms with van der Waals surface area (Å²) in [7, 11) is -3.80. The zero-order valence-electron chi connectivity index (χ0n) is 17.8. The molecule has 2 rings (SSSR count). The first-order chi connectivity index (χ1) is 13.7. The molecule has 0 atom stereocenters. The van der Waals surface area contributed by atoms with Crippen molar-refractivity contribution in [1.29, 1.82) is 0 Å². The summed E-state index contributed by atoms with van der Waals surface area (Å²) < 4.78 is 28.2. The monoisotopic (exact) mass is 417 g/mol. The second-order valence-corrected chi connectivity index (χ2v) is 9.06. The summed E-state index contributed by atoms with van der Waals surface area (Å²) in [4.78, 5) is 15.0. The van der Waals surface area contributed by atoms with E-state index in [0.29, 0.717) is 23.8 Å². The van der Waals surface area contributed by atoms with Crippen molar-refractivity contribution >= 4 is 21.6 Å². The van der Waals surface area contributed by atoms with Gasteiger partial charge in [0.1, 0.15) is 0 Å². The van der Waals surface area contributed by atoms with E-state index in [1.54, 1.807) is 25.1 Å². The largest absolute Gasteiger partial charge is 0.351 e. The number of rotatable bonds is 9. The Balaban J connectivity index is 2.16. The van der Waals surface area contributed by atoms with Crippen LogP contribution in [0.3, 0.4) is 0 Å². The van der Waals surface area contributed by atoms with Gasteiger partial charge in [0.15, 0.2) is 0 Å². The van der Waals surface area contributed by atoms with Gasteiger partial charge in [-0.25, -0.2) is 8.42 Å². The normalized spacial score (nSPS) is 11.7. The van der Waals surface area contributed by atoms with Crippen molar-refractivity contribution in [3.8, 4) is 0 Å². The molecule has 7 heteroatoms. The zero-order valence-corrected chi connectivity index (χ0v) is 18.6. The highest BCUT2D eigenvalue weighted by atomic mass is 32.2. The number of amides is 1. The summed E-state index contributed by atoms with van der Waals surface area (Å²) in [5.74, 6) is -0.268. The van der Waals surface area contributed by atoms with Gasteiger partial charge in [0, 0.05) is 24.7 Å². The molecule has 2 aromatic rings. The van der Waals surface area contributed by atoms with E-state index in [9.17, 15) is 13.2 Å². The number of hydrogen-bond acceptors (Lipinski definition) is 4. The molecule has 1 amide bonds. The Labute approximate surface area is 174 Å². The lowest BCUT2D eigenvalue weighted by molar-refractivity contribution is 0.0945. The van der Waals surface area contributed by atoms with E-state index in [-0.39, 0.29) is 10.8 Å². The lowest BCUT2D eigenvalue weighted by atomic mass is 10.1. The summed E-state index contributed by atoms with van der Waals surface area (Å²) >= 11 is 0. The number of anilines is 1. The Kier molecular flexibility index (Phi) is 7.81. The van der Waals surface area contributed by atoms with E-state index in [0.717, 1.165) is 24.2 Å². The zero-order chi connectivity index (χ0) is 21.6. The number of carbonyl (C=O) groups is 1. The number of likely N-dealkylation sites (N-methyl/N-ethyl adjacent to an activating group) is 1. The van der Waals surface area contributed by atoms with Gasteiger partial charge < -0.3 is 5.32 Å². The first-order valence-corrected chi connectivity index (χ1v) is 11.4. The molecule has 0 aromatic heterocycles. The highest BCUT2D eigenvalue weighted by molar-refractivity contribution is 7.92. The van der Waals surface area contributed by atoms with E-state index in [1.165, 1.54) is 12.1 Å². The smallest absolute Gasteiger partial charge is 0.261 e. The minimum Gasteiger partial charge on any atom is -0.351 e. The first kappa shape index (κ1) is 22.9. The summed E-state index contributed by atoms with van der Waals surface area (Å²) in [6.45, 7) is 12.1. The van der Waals surface area contributed by atoms with Crippen LogP contribution in [0, 0.1) is 13.8 Å². The number of para-hydroxylation sites is 1. The number of hydrogen-bond donors (Lipinski definition) is 2. The molecule has 6 nitrogen and oxygen atoms in total. The van der Waals surface area contributed by atoms with Crippen LogP contribution < -0.4 is 10.0 Å². The van der Waals surface area contributed by atoms with Crippen molar-refractivity contribution in [3.63, 3.8) is 0 Å². The average Bonchev–Trinajstić information content (AvgIpc) is 2.66. The van der Waals surface area contributed by atoms with E-state index in [2.05, 4.69) is 35.7 Å². The molecule has 0 radical (unpaired) electrons. The molecule has 0 heterocycles. The van der Waals surface area contributed by atoms with Crippen molar-refractivity contribution in [2.24, 2.45) is 0 Å². The minimum absolute atomic E-state index is 0.0638. The Bertz CT molecular complexity index is 956. The summed E-state index contributed by atoms with van der Waals surface area (Å²) in [5, 5.41) is 2.90. The average molecular weight is 418 g/mol. The number of nitrogens with zero attached hydrogens (tertiary/aromatic N) is 1. The predicted octanol–water partition coefficient (Wildman–Crippen LogP) is 3.56. The fourth-order valence-electron chi connectivity index (χ4n) is 3.09. The Morgan fingerprint density at radius 3 is 2.38 bits per heavy atom. The van der Waals surface area contributed by atoms with Gasteiger partial charge >= 0.3 is 0 Å². The maximum atomic E-state index is 12.8. The van der Waals surface area contributed by atoms with Crippen LogP contribution in [0.15, 0.2) is 47.4 Å². The van der Waals surface area contributed by atoms with Crippen LogP contribution in [0.1, 0.15) is 42.3 Å². The van der Waals surface area contributed by atoms with Crippen LogP contribution in [0.5, 0.6) is 0 Å². The molecule has 0 saturated carbocycles. The van der Waals surface area contributed by atoms with Crippen molar-refractivity contribution in [2.75, 3.05) is 24.4 Å². The fourth-order valence-corrected chi connectivity index (χ4v) is 4.25. The number of benzene rings is 2. The molecule has 158 valence electrons. The highest BCUT2D eigenvalue weighted by Crippen LogP contribution is 2.21. The van der Waals surface area contributed by atoms with Crippen LogP contribution in [0.4, 0.5) is 5.69 Å². The van der Waals surface area contributed by atoms with Crippen LogP contribution in [-0.2, 0) is 10.0 Å². The van der Waals surface area contributed by atoms with Crippen molar-refractivity contribution in [3.05, 3.63) is 59.2 Å². The standard InChI is InChI=1S/C22H31N3O3S/c1-6-25(16(2)3)14-13-23-22(26)20-15-19(12-11-17(20)4)29(27,28)24-21-10-8-7-9-18(21)5/h7-12,15-16,24H,6,13-14H2,1-5H3,(H,23,26). The second-order valence-electron chi connectivity index (χ2n) is 7.38. The molecule has 29 heavy (non-hydrogen) atoms. The lowest BCUT2D eigenvalue weighted by Crippen LogP contribution is -2.38. The molecule has 0 aliphatic rings. The van der Waals surface area contributed by atoms with Crippen LogP contribution in [-0.4, -0.2) is 44.9 Å². The number of sulfonamides is 1. The summed E-state index contributed by atoms with van der Waals surface area (Å²) in [6, 6.07) is 12.2. The molecule has 2 N–H and O–H groups in total. The van der Waals surface area contributed by atoms with Gasteiger partial charge in [0.2, 0.25) is 0 Å². The molecule has 0 aliphatic heterocycles. The maximum Gasteiger partial charge on any atom is 0.261 e. The molecule has 0 saturated heterocycles. The number of nitrogens with one attached hydrogen (secondary N) is 2. The van der Waals surface area contributed by atoms with Gasteiger partial charge in [0.25, 0.3) is 15.9 Å². The van der Waals surface area contributed by atoms with Gasteiger partial charge in [-0.15, -0.1) is 0 Å². The van der Waals surface area contributed by atoms with Gasteiger partial charge in [0.05, 0.1) is 10.6 Å². The van der Waals surface area contributed by atoms with E-state index in [1.807, 2.05) is 19.1 Å². The SMILES string of the molecule is CCN(CCNC(=O)c1cc(S(=O)(=O)Nc2ccccc2C)ccc1C)C(C)C. The van der Waals surface area contributed by atoms with E-state index >= 15 is 0 Å². The quantitative estimate of drug-likeness (QED) is 0.654. The second kappa shape index (κ2) is 9.89. The van der Waals surface area contributed by atoms with E-state index in [4.69, 9.17) is 0 Å². The molecular formula is C22H31N3O3S. The summed E-state index contributed by atoms with van der Waals surface area (Å²) in [6.07, 6.45) is 0. The molecular weight excluding hydrogens is 386 g/mol. The van der Waals surface area contributed by atoms with Gasteiger partial charge in [-0.2, -0.15) is 0 Å². The van der Waals surface area contributed by atoms with Crippen LogP contribution in [0.2, 0.25) is 0 Å². The Hall–Kier alpha value is -2.38. The van der Waals surface area contributed by atoms with Gasteiger partial charge in [-0.3, -0.25) is 14.4 Å². The van der Waals surface area contributed by atoms with Gasteiger partial charge in [-0.05, 0) is 63.6 Å². The molecule has 0 bridgehead atoms. The predicted molar refractivity (Wildman–Crippen MR) is 118 cm³/mol. The molecule has 2 aromatic carbocycles. The van der Waals surface area contributed by atoms with E-state index < -0.39 is 10.0 Å². The Morgan fingerprint density at radius 2 is 1.76 bits per heavy atom. The van der Waals surface area contributed by atoms with Crippen molar-refractivity contribution in [1.82, 2.24) is 10.2 Å². The molecule has 0 unspecified atom stereocenters. The van der Waals surface area contributed by atoms with Crippen LogP contribution >= 0.6 is 0 Å². The van der Waals surface area contributed by atoms with Crippen LogP contribution in [0.25, 0.3) is 0 Å². The number of aryl methyl sites for hydroxylation is 2. The topological polar surface area (TPSA) is 78.5 Å². The molecule has 0 spiro atoms. The van der Waals surface area contributed by atoms with Crippen molar-refractivity contribution in [2.45, 2.75) is 45.6 Å². The van der Waals surface area contributed by atoms with Gasteiger partial charge in [-0.1, -0.05) is 31.2 Å². The Morgan fingerprint density at radius 1 is 1.07 bits per heavy atom. The fraction of sp³-hybridized carbons (Fsp3) is 0.409. The third kappa shape index (κ3) is 6.05. The molecule has 0 fully saturated rings. The minimum atomic E-state index is -3.80. The molecule has 0 aliphatic carbocycles.